The zero-order valence-corrected chi connectivity index (χ0v) is 16.4. The summed E-state index contributed by atoms with van der Waals surface area (Å²) in [6.07, 6.45) is 1.07. The SMILES string of the molecule is COc1ccccc1N1CC(C(=O)NCCCN(C)c2ccccc2)CC1=O. The van der Waals surface area contributed by atoms with Gasteiger partial charge in [-0.1, -0.05) is 30.3 Å². The van der Waals surface area contributed by atoms with E-state index in [1.807, 2.05) is 49.5 Å². The molecule has 1 heterocycles. The van der Waals surface area contributed by atoms with E-state index in [2.05, 4.69) is 22.3 Å². The van der Waals surface area contributed by atoms with E-state index in [1.54, 1.807) is 12.0 Å². The minimum atomic E-state index is -0.329. The topological polar surface area (TPSA) is 61.9 Å². The number of ether oxygens (including phenoxy) is 1. The highest BCUT2D eigenvalue weighted by Crippen LogP contribution is 2.32. The van der Waals surface area contributed by atoms with Gasteiger partial charge in [0.2, 0.25) is 11.8 Å². The van der Waals surface area contributed by atoms with E-state index in [0.29, 0.717) is 18.8 Å². The van der Waals surface area contributed by atoms with Gasteiger partial charge in [0.15, 0.2) is 0 Å². The van der Waals surface area contributed by atoms with E-state index in [9.17, 15) is 9.59 Å². The van der Waals surface area contributed by atoms with Crippen molar-refractivity contribution in [2.24, 2.45) is 5.92 Å². The third-order valence-electron chi connectivity index (χ3n) is 5.04. The number of anilines is 2. The molecular weight excluding hydrogens is 354 g/mol. The fraction of sp³-hybridized carbons (Fsp3) is 0.364. The number of hydrogen-bond donors (Lipinski definition) is 1. The first-order chi connectivity index (χ1) is 13.6. The molecule has 1 aliphatic heterocycles. The fourth-order valence-electron chi connectivity index (χ4n) is 3.45. The summed E-state index contributed by atoms with van der Waals surface area (Å²) in [5, 5.41) is 2.98. The van der Waals surface area contributed by atoms with Gasteiger partial charge in [-0.15, -0.1) is 0 Å². The van der Waals surface area contributed by atoms with Crippen molar-refractivity contribution in [2.75, 3.05) is 43.6 Å². The zero-order valence-electron chi connectivity index (χ0n) is 16.4. The smallest absolute Gasteiger partial charge is 0.227 e. The van der Waals surface area contributed by atoms with Crippen molar-refractivity contribution >= 4 is 23.2 Å². The first-order valence-electron chi connectivity index (χ1n) is 9.57. The molecule has 1 N–H and O–H groups in total. The Morgan fingerprint density at radius 2 is 1.89 bits per heavy atom. The molecule has 1 atom stereocenters. The summed E-state index contributed by atoms with van der Waals surface area (Å²) in [5.74, 6) is 0.201. The van der Waals surface area contributed by atoms with Crippen LogP contribution in [0.4, 0.5) is 11.4 Å². The Hall–Kier alpha value is -3.02. The first-order valence-corrected chi connectivity index (χ1v) is 9.57. The molecule has 0 aromatic heterocycles. The molecule has 28 heavy (non-hydrogen) atoms. The number of hydrogen-bond acceptors (Lipinski definition) is 4. The molecule has 2 aromatic carbocycles. The van der Waals surface area contributed by atoms with Crippen LogP contribution < -0.4 is 19.9 Å². The maximum absolute atomic E-state index is 12.5. The predicted octanol–water partition coefficient (Wildman–Crippen LogP) is 2.69. The fourth-order valence-corrected chi connectivity index (χ4v) is 3.45. The molecule has 6 heteroatoms. The standard InChI is InChI=1S/C22H27N3O3/c1-24(18-9-4-3-5-10-18)14-8-13-23-22(27)17-15-21(26)25(16-17)19-11-6-7-12-20(19)28-2/h3-7,9-12,17H,8,13-16H2,1-2H3,(H,23,27). The van der Waals surface area contributed by atoms with Crippen LogP contribution in [0.25, 0.3) is 0 Å². The van der Waals surface area contributed by atoms with Gasteiger partial charge in [0.1, 0.15) is 5.75 Å². The number of carbonyl (C=O) groups excluding carboxylic acids is 2. The highest BCUT2D eigenvalue weighted by molar-refractivity contribution is 6.01. The van der Waals surface area contributed by atoms with Crippen LogP contribution >= 0.6 is 0 Å². The minimum absolute atomic E-state index is 0.0477. The van der Waals surface area contributed by atoms with Gasteiger partial charge in [-0.3, -0.25) is 9.59 Å². The van der Waals surface area contributed by atoms with Crippen LogP contribution in [0, 0.1) is 5.92 Å². The Morgan fingerprint density at radius 1 is 1.18 bits per heavy atom. The summed E-state index contributed by atoms with van der Waals surface area (Å²) < 4.78 is 5.34. The molecule has 1 fully saturated rings. The Labute approximate surface area is 166 Å². The Kier molecular flexibility index (Phi) is 6.53. The Bertz CT molecular complexity index is 810. The maximum Gasteiger partial charge on any atom is 0.227 e. The van der Waals surface area contributed by atoms with Crippen LogP contribution in [0.2, 0.25) is 0 Å². The quantitative estimate of drug-likeness (QED) is 0.714. The largest absolute Gasteiger partial charge is 0.495 e. The van der Waals surface area contributed by atoms with Crippen molar-refractivity contribution in [3.63, 3.8) is 0 Å². The Balaban J connectivity index is 1.47. The number of nitrogens with zero attached hydrogens (tertiary/aromatic N) is 2. The summed E-state index contributed by atoms with van der Waals surface area (Å²) in [4.78, 5) is 28.7. The van der Waals surface area contributed by atoms with Crippen molar-refractivity contribution in [1.82, 2.24) is 5.32 Å². The Morgan fingerprint density at radius 3 is 2.64 bits per heavy atom. The lowest BCUT2D eigenvalue weighted by atomic mass is 10.1. The highest BCUT2D eigenvalue weighted by Gasteiger charge is 2.36. The number of rotatable bonds is 8. The van der Waals surface area contributed by atoms with Crippen LogP contribution in [-0.2, 0) is 9.59 Å². The molecule has 0 bridgehead atoms. The number of amides is 2. The van der Waals surface area contributed by atoms with Gasteiger partial charge in [-0.05, 0) is 30.7 Å². The van der Waals surface area contributed by atoms with E-state index < -0.39 is 0 Å². The van der Waals surface area contributed by atoms with Gasteiger partial charge in [0.05, 0.1) is 18.7 Å². The van der Waals surface area contributed by atoms with E-state index in [1.165, 1.54) is 0 Å². The van der Waals surface area contributed by atoms with Crippen molar-refractivity contribution in [2.45, 2.75) is 12.8 Å². The van der Waals surface area contributed by atoms with E-state index in [-0.39, 0.29) is 24.2 Å². The third-order valence-corrected chi connectivity index (χ3v) is 5.04. The van der Waals surface area contributed by atoms with Crippen molar-refractivity contribution in [3.05, 3.63) is 54.6 Å². The first kappa shape index (κ1) is 19.7. The summed E-state index contributed by atoms with van der Waals surface area (Å²) in [7, 11) is 3.62. The van der Waals surface area contributed by atoms with Crippen LogP contribution in [0.3, 0.4) is 0 Å². The molecular formula is C22H27N3O3. The molecule has 0 aliphatic carbocycles. The normalized spacial score (nSPS) is 16.1. The number of nitrogens with one attached hydrogen (secondary N) is 1. The van der Waals surface area contributed by atoms with Crippen LogP contribution in [0.5, 0.6) is 5.75 Å². The van der Waals surface area contributed by atoms with Gasteiger partial charge < -0.3 is 19.9 Å². The molecule has 1 unspecified atom stereocenters. The van der Waals surface area contributed by atoms with Crippen LogP contribution in [0.15, 0.2) is 54.6 Å². The number of methoxy groups -OCH3 is 1. The summed E-state index contributed by atoms with van der Waals surface area (Å²) in [5.41, 5.74) is 1.87. The average molecular weight is 381 g/mol. The molecule has 6 nitrogen and oxygen atoms in total. The number of carbonyl (C=O) groups is 2. The van der Waals surface area contributed by atoms with Gasteiger partial charge in [0.25, 0.3) is 0 Å². The third kappa shape index (κ3) is 4.63. The highest BCUT2D eigenvalue weighted by atomic mass is 16.5. The molecule has 2 amide bonds. The van der Waals surface area contributed by atoms with Crippen LogP contribution in [0.1, 0.15) is 12.8 Å². The van der Waals surface area contributed by atoms with E-state index >= 15 is 0 Å². The second kappa shape index (κ2) is 9.26. The van der Waals surface area contributed by atoms with Crippen molar-refractivity contribution < 1.29 is 14.3 Å². The number of para-hydroxylation sites is 3. The van der Waals surface area contributed by atoms with Gasteiger partial charge in [-0.25, -0.2) is 0 Å². The monoisotopic (exact) mass is 381 g/mol. The molecule has 148 valence electrons. The van der Waals surface area contributed by atoms with Crippen LogP contribution in [-0.4, -0.2) is 45.6 Å². The summed E-state index contributed by atoms with van der Waals surface area (Å²) >= 11 is 0. The lowest BCUT2D eigenvalue weighted by Crippen LogP contribution is -2.34. The van der Waals surface area contributed by atoms with E-state index in [0.717, 1.165) is 24.3 Å². The molecule has 3 rings (SSSR count). The molecule has 0 radical (unpaired) electrons. The second-order valence-electron chi connectivity index (χ2n) is 6.98. The number of benzene rings is 2. The second-order valence-corrected chi connectivity index (χ2v) is 6.98. The molecule has 1 saturated heterocycles. The summed E-state index contributed by atoms with van der Waals surface area (Å²) in [6.45, 7) is 1.82. The van der Waals surface area contributed by atoms with Crippen molar-refractivity contribution in [1.29, 1.82) is 0 Å². The zero-order chi connectivity index (χ0) is 19.9. The molecule has 0 saturated carbocycles. The van der Waals surface area contributed by atoms with Gasteiger partial charge in [0, 0.05) is 38.8 Å². The summed E-state index contributed by atoms with van der Waals surface area (Å²) in [6, 6.07) is 17.5. The molecule has 1 aliphatic rings. The maximum atomic E-state index is 12.5. The predicted molar refractivity (Wildman–Crippen MR) is 111 cm³/mol. The molecule has 0 spiro atoms. The van der Waals surface area contributed by atoms with E-state index in [4.69, 9.17) is 4.74 Å². The lowest BCUT2D eigenvalue weighted by molar-refractivity contribution is -0.126. The average Bonchev–Trinajstić information content (AvgIpc) is 3.13. The van der Waals surface area contributed by atoms with Crippen molar-refractivity contribution in [3.8, 4) is 5.75 Å². The minimum Gasteiger partial charge on any atom is -0.495 e. The molecule has 2 aromatic rings. The van der Waals surface area contributed by atoms with Gasteiger partial charge in [-0.2, -0.15) is 0 Å². The lowest BCUT2D eigenvalue weighted by Gasteiger charge is -2.20. The van der Waals surface area contributed by atoms with Gasteiger partial charge >= 0.3 is 0 Å².